The summed E-state index contributed by atoms with van der Waals surface area (Å²) in [6.45, 7) is 4.04. The molecule has 2 rings (SSSR count). The zero-order valence-electron chi connectivity index (χ0n) is 8.71. The molecule has 1 heterocycles. The molecule has 3 nitrogen and oxygen atoms in total. The lowest BCUT2D eigenvalue weighted by Gasteiger charge is -2.06. The molecule has 0 radical (unpaired) electrons. The first-order valence-corrected chi connectivity index (χ1v) is 5.63. The standard InChI is InChI=1S/C11H12BrN3/c1-3-9-14-10-7(11(13)15-9)4-6(2)5-8(10)12/h4-5H,3H2,1-2H3,(H2,13,14,15). The molecule has 0 atom stereocenters. The molecule has 0 unspecified atom stereocenters. The number of nitrogens with two attached hydrogens (primary N) is 1. The normalized spacial score (nSPS) is 10.9. The first-order valence-electron chi connectivity index (χ1n) is 4.84. The van der Waals surface area contributed by atoms with Gasteiger partial charge in [0.1, 0.15) is 11.6 Å². The highest BCUT2D eigenvalue weighted by atomic mass is 79.9. The van der Waals surface area contributed by atoms with E-state index < -0.39 is 0 Å². The van der Waals surface area contributed by atoms with Gasteiger partial charge in [-0.2, -0.15) is 0 Å². The van der Waals surface area contributed by atoms with Crippen LogP contribution in [-0.2, 0) is 6.42 Å². The Morgan fingerprint density at radius 2 is 2.07 bits per heavy atom. The van der Waals surface area contributed by atoms with Gasteiger partial charge in [-0.25, -0.2) is 9.97 Å². The summed E-state index contributed by atoms with van der Waals surface area (Å²) < 4.78 is 0.973. The highest BCUT2D eigenvalue weighted by molar-refractivity contribution is 9.10. The monoisotopic (exact) mass is 265 g/mol. The van der Waals surface area contributed by atoms with Crippen LogP contribution in [0.4, 0.5) is 5.82 Å². The molecule has 0 aliphatic heterocycles. The summed E-state index contributed by atoms with van der Waals surface area (Å²) in [5.41, 5.74) is 7.94. The van der Waals surface area contributed by atoms with E-state index in [-0.39, 0.29) is 0 Å². The van der Waals surface area contributed by atoms with Gasteiger partial charge in [-0.15, -0.1) is 0 Å². The van der Waals surface area contributed by atoms with E-state index in [0.717, 1.165) is 33.2 Å². The Bertz CT molecular complexity index is 523. The molecule has 4 heteroatoms. The predicted octanol–water partition coefficient (Wildman–Crippen LogP) is 2.85. The van der Waals surface area contributed by atoms with Gasteiger partial charge < -0.3 is 5.73 Å². The summed E-state index contributed by atoms with van der Waals surface area (Å²) >= 11 is 3.50. The molecule has 2 N–H and O–H groups in total. The third-order valence-electron chi connectivity index (χ3n) is 2.29. The molecule has 78 valence electrons. The molecule has 0 fully saturated rings. The fraction of sp³-hybridized carbons (Fsp3) is 0.273. The first-order chi connectivity index (χ1) is 7.11. The van der Waals surface area contributed by atoms with E-state index in [2.05, 4.69) is 25.9 Å². The molecule has 0 amide bonds. The minimum absolute atomic E-state index is 0.557. The second kappa shape index (κ2) is 3.77. The molecular formula is C11H12BrN3. The number of fused-ring (bicyclic) bond motifs is 1. The zero-order valence-corrected chi connectivity index (χ0v) is 10.3. The van der Waals surface area contributed by atoms with Crippen molar-refractivity contribution in [3.63, 3.8) is 0 Å². The molecule has 1 aromatic carbocycles. The van der Waals surface area contributed by atoms with Crippen LogP contribution in [-0.4, -0.2) is 9.97 Å². The predicted molar refractivity (Wildman–Crippen MR) is 65.8 cm³/mol. The SMILES string of the molecule is CCc1nc(N)c2cc(C)cc(Br)c2n1. The Labute approximate surface area is 96.9 Å². The van der Waals surface area contributed by atoms with Gasteiger partial charge in [-0.1, -0.05) is 6.92 Å². The van der Waals surface area contributed by atoms with Crippen LogP contribution in [0.5, 0.6) is 0 Å². The van der Waals surface area contributed by atoms with Crippen LogP contribution in [0.1, 0.15) is 18.3 Å². The lowest BCUT2D eigenvalue weighted by Crippen LogP contribution is -2.00. The summed E-state index contributed by atoms with van der Waals surface area (Å²) in [4.78, 5) is 8.71. The number of rotatable bonds is 1. The van der Waals surface area contributed by atoms with Gasteiger partial charge in [0.05, 0.1) is 5.52 Å². The van der Waals surface area contributed by atoms with E-state index in [1.54, 1.807) is 0 Å². The highest BCUT2D eigenvalue weighted by Crippen LogP contribution is 2.27. The number of aryl methyl sites for hydroxylation is 2. The molecule has 0 aliphatic carbocycles. The van der Waals surface area contributed by atoms with Gasteiger partial charge in [-0.3, -0.25) is 0 Å². The Morgan fingerprint density at radius 1 is 1.33 bits per heavy atom. The van der Waals surface area contributed by atoms with Gasteiger partial charge in [-0.05, 0) is 40.5 Å². The topological polar surface area (TPSA) is 51.8 Å². The lowest BCUT2D eigenvalue weighted by atomic mass is 10.1. The summed E-state index contributed by atoms with van der Waals surface area (Å²) in [6, 6.07) is 4.04. The third-order valence-corrected chi connectivity index (χ3v) is 2.89. The average Bonchev–Trinajstić information content (AvgIpc) is 2.19. The number of hydrogen-bond acceptors (Lipinski definition) is 3. The minimum Gasteiger partial charge on any atom is -0.383 e. The zero-order chi connectivity index (χ0) is 11.0. The number of aromatic nitrogens is 2. The van der Waals surface area contributed by atoms with Crippen LogP contribution < -0.4 is 5.73 Å². The minimum atomic E-state index is 0.557. The van der Waals surface area contributed by atoms with Crippen molar-refractivity contribution in [2.24, 2.45) is 0 Å². The number of hydrogen-bond donors (Lipinski definition) is 1. The summed E-state index contributed by atoms with van der Waals surface area (Å²) in [6.07, 6.45) is 0.792. The Morgan fingerprint density at radius 3 is 2.73 bits per heavy atom. The van der Waals surface area contributed by atoms with Crippen molar-refractivity contribution < 1.29 is 0 Å². The van der Waals surface area contributed by atoms with Crippen molar-refractivity contribution in [2.45, 2.75) is 20.3 Å². The van der Waals surface area contributed by atoms with Crippen molar-refractivity contribution in [1.82, 2.24) is 9.97 Å². The number of nitrogen functional groups attached to an aromatic ring is 1. The Balaban J connectivity index is 2.85. The van der Waals surface area contributed by atoms with E-state index in [1.165, 1.54) is 0 Å². The van der Waals surface area contributed by atoms with E-state index in [9.17, 15) is 0 Å². The van der Waals surface area contributed by atoms with E-state index in [1.807, 2.05) is 26.0 Å². The van der Waals surface area contributed by atoms with Crippen LogP contribution in [0.25, 0.3) is 10.9 Å². The second-order valence-corrected chi connectivity index (χ2v) is 4.38. The van der Waals surface area contributed by atoms with Crippen LogP contribution in [0.15, 0.2) is 16.6 Å². The maximum atomic E-state index is 5.90. The maximum Gasteiger partial charge on any atom is 0.135 e. The van der Waals surface area contributed by atoms with E-state index in [4.69, 9.17) is 5.73 Å². The average molecular weight is 266 g/mol. The summed E-state index contributed by atoms with van der Waals surface area (Å²) in [5.74, 6) is 1.34. The van der Waals surface area contributed by atoms with Crippen molar-refractivity contribution in [3.8, 4) is 0 Å². The number of anilines is 1. The number of nitrogens with zero attached hydrogens (tertiary/aromatic N) is 2. The van der Waals surface area contributed by atoms with Crippen LogP contribution in [0, 0.1) is 6.92 Å². The fourth-order valence-corrected chi connectivity index (χ4v) is 2.22. The second-order valence-electron chi connectivity index (χ2n) is 3.52. The molecule has 0 saturated heterocycles. The number of benzene rings is 1. The molecule has 2 aromatic rings. The van der Waals surface area contributed by atoms with Gasteiger partial charge in [0.15, 0.2) is 0 Å². The molecule has 0 spiro atoms. The highest BCUT2D eigenvalue weighted by Gasteiger charge is 2.07. The van der Waals surface area contributed by atoms with Gasteiger partial charge in [0.25, 0.3) is 0 Å². The van der Waals surface area contributed by atoms with Gasteiger partial charge >= 0.3 is 0 Å². The smallest absolute Gasteiger partial charge is 0.135 e. The Kier molecular flexibility index (Phi) is 2.61. The first kappa shape index (κ1) is 10.4. The molecule has 0 aliphatic rings. The molecular weight excluding hydrogens is 254 g/mol. The van der Waals surface area contributed by atoms with Crippen LogP contribution in [0.2, 0.25) is 0 Å². The van der Waals surface area contributed by atoms with E-state index >= 15 is 0 Å². The molecule has 15 heavy (non-hydrogen) atoms. The van der Waals surface area contributed by atoms with Gasteiger partial charge in [0.2, 0.25) is 0 Å². The number of halogens is 1. The summed E-state index contributed by atoms with van der Waals surface area (Å²) in [5, 5.41) is 0.916. The fourth-order valence-electron chi connectivity index (χ4n) is 1.55. The van der Waals surface area contributed by atoms with E-state index in [0.29, 0.717) is 5.82 Å². The van der Waals surface area contributed by atoms with Crippen LogP contribution in [0.3, 0.4) is 0 Å². The quantitative estimate of drug-likeness (QED) is 0.863. The van der Waals surface area contributed by atoms with Gasteiger partial charge in [0, 0.05) is 16.3 Å². The summed E-state index contributed by atoms with van der Waals surface area (Å²) in [7, 11) is 0. The van der Waals surface area contributed by atoms with Crippen molar-refractivity contribution in [2.75, 3.05) is 5.73 Å². The van der Waals surface area contributed by atoms with Crippen LogP contribution >= 0.6 is 15.9 Å². The molecule has 0 saturated carbocycles. The van der Waals surface area contributed by atoms with Crippen molar-refractivity contribution >= 4 is 32.7 Å². The Hall–Kier alpha value is -1.16. The van der Waals surface area contributed by atoms with Crippen molar-refractivity contribution in [1.29, 1.82) is 0 Å². The molecule has 1 aromatic heterocycles. The maximum absolute atomic E-state index is 5.90. The largest absolute Gasteiger partial charge is 0.383 e. The lowest BCUT2D eigenvalue weighted by molar-refractivity contribution is 0.964. The van der Waals surface area contributed by atoms with Crippen molar-refractivity contribution in [3.05, 3.63) is 28.0 Å². The molecule has 0 bridgehead atoms. The third kappa shape index (κ3) is 1.81.